The van der Waals surface area contributed by atoms with E-state index in [-0.39, 0.29) is 5.92 Å². The summed E-state index contributed by atoms with van der Waals surface area (Å²) in [6.45, 7) is 1.56. The maximum atomic E-state index is 12.3. The molecule has 6 nitrogen and oxygen atoms in total. The van der Waals surface area contributed by atoms with Gasteiger partial charge in [0.25, 0.3) is 5.91 Å². The average Bonchev–Trinajstić information content (AvgIpc) is 3.31. The fourth-order valence-electron chi connectivity index (χ4n) is 2.40. The average molecular weight is 285 g/mol. The molecule has 1 aliphatic rings. The molecule has 1 atom stereocenters. The number of hydrogen-bond donors (Lipinski definition) is 2. The summed E-state index contributed by atoms with van der Waals surface area (Å²) in [6, 6.07) is 4.95. The van der Waals surface area contributed by atoms with E-state index in [9.17, 15) is 14.7 Å². The van der Waals surface area contributed by atoms with Crippen molar-refractivity contribution in [1.82, 2.24) is 15.3 Å². The Balaban J connectivity index is 1.88. The quantitative estimate of drug-likeness (QED) is 0.890. The van der Waals surface area contributed by atoms with E-state index in [1.54, 1.807) is 37.5 Å². The fourth-order valence-corrected chi connectivity index (χ4v) is 2.40. The minimum atomic E-state index is -1.21. The lowest BCUT2D eigenvalue weighted by atomic mass is 9.95. The zero-order valence-corrected chi connectivity index (χ0v) is 11.5. The van der Waals surface area contributed by atoms with Crippen LogP contribution in [-0.4, -0.2) is 32.5 Å². The van der Waals surface area contributed by atoms with Crippen molar-refractivity contribution in [3.05, 3.63) is 36.2 Å². The maximum Gasteiger partial charge on any atom is 0.329 e. The second-order valence-electron chi connectivity index (χ2n) is 5.50. The van der Waals surface area contributed by atoms with Gasteiger partial charge in [0.2, 0.25) is 0 Å². The van der Waals surface area contributed by atoms with Crippen molar-refractivity contribution in [3.8, 4) is 0 Å². The number of amides is 1. The van der Waals surface area contributed by atoms with Crippen LogP contribution in [0, 0.1) is 5.92 Å². The van der Waals surface area contributed by atoms with Crippen LogP contribution >= 0.6 is 0 Å². The van der Waals surface area contributed by atoms with Gasteiger partial charge in [-0.2, -0.15) is 0 Å². The summed E-state index contributed by atoms with van der Waals surface area (Å²) in [7, 11) is 0. The van der Waals surface area contributed by atoms with E-state index in [0.29, 0.717) is 16.6 Å². The smallest absolute Gasteiger partial charge is 0.329 e. The van der Waals surface area contributed by atoms with Crippen LogP contribution in [0.3, 0.4) is 0 Å². The monoisotopic (exact) mass is 285 g/mol. The number of aromatic nitrogens is 2. The Morgan fingerprint density at radius 3 is 2.52 bits per heavy atom. The van der Waals surface area contributed by atoms with Crippen molar-refractivity contribution in [2.45, 2.75) is 25.3 Å². The van der Waals surface area contributed by atoms with Crippen LogP contribution in [0.15, 0.2) is 30.6 Å². The number of fused-ring (bicyclic) bond motifs is 1. The molecular formula is C15H15N3O3. The van der Waals surface area contributed by atoms with Crippen LogP contribution < -0.4 is 5.32 Å². The van der Waals surface area contributed by atoms with Crippen molar-refractivity contribution < 1.29 is 14.7 Å². The number of aliphatic carboxylic acids is 1. The van der Waals surface area contributed by atoms with Gasteiger partial charge in [-0.05, 0) is 43.9 Å². The van der Waals surface area contributed by atoms with Crippen LogP contribution in [0.4, 0.5) is 0 Å². The van der Waals surface area contributed by atoms with Gasteiger partial charge < -0.3 is 10.4 Å². The molecule has 1 aromatic carbocycles. The first kappa shape index (κ1) is 13.5. The van der Waals surface area contributed by atoms with E-state index in [1.165, 1.54) is 0 Å². The minimum Gasteiger partial charge on any atom is -0.480 e. The van der Waals surface area contributed by atoms with Crippen LogP contribution in [0.25, 0.3) is 11.0 Å². The number of carbonyl (C=O) groups excluding carboxylic acids is 1. The molecule has 0 bridgehead atoms. The predicted molar refractivity (Wildman–Crippen MR) is 75.8 cm³/mol. The van der Waals surface area contributed by atoms with Crippen molar-refractivity contribution >= 4 is 22.9 Å². The first-order chi connectivity index (χ1) is 10.0. The van der Waals surface area contributed by atoms with E-state index in [1.807, 2.05) is 0 Å². The topological polar surface area (TPSA) is 92.2 Å². The molecule has 1 heterocycles. The van der Waals surface area contributed by atoms with Crippen LogP contribution in [-0.2, 0) is 4.79 Å². The second-order valence-corrected chi connectivity index (χ2v) is 5.50. The summed E-state index contributed by atoms with van der Waals surface area (Å²) in [6.07, 6.45) is 4.78. The van der Waals surface area contributed by atoms with E-state index in [2.05, 4.69) is 15.3 Å². The Hall–Kier alpha value is -2.50. The summed E-state index contributed by atoms with van der Waals surface area (Å²) in [5.41, 5.74) is 0.468. The summed E-state index contributed by atoms with van der Waals surface area (Å²) in [5, 5.41) is 12.0. The zero-order valence-electron chi connectivity index (χ0n) is 11.5. The third-order valence-corrected chi connectivity index (χ3v) is 3.94. The third-order valence-electron chi connectivity index (χ3n) is 3.94. The number of carboxylic acids is 1. The largest absolute Gasteiger partial charge is 0.480 e. The van der Waals surface area contributed by atoms with Gasteiger partial charge in [0.05, 0.1) is 11.0 Å². The van der Waals surface area contributed by atoms with Crippen LogP contribution in [0.2, 0.25) is 0 Å². The summed E-state index contributed by atoms with van der Waals surface area (Å²) < 4.78 is 0. The van der Waals surface area contributed by atoms with Gasteiger partial charge in [-0.25, -0.2) is 4.79 Å². The summed E-state index contributed by atoms with van der Waals surface area (Å²) >= 11 is 0. The van der Waals surface area contributed by atoms with Gasteiger partial charge in [-0.3, -0.25) is 14.8 Å². The molecule has 21 heavy (non-hydrogen) atoms. The van der Waals surface area contributed by atoms with Gasteiger partial charge in [0.1, 0.15) is 5.54 Å². The Labute approximate surface area is 121 Å². The zero-order chi connectivity index (χ0) is 15.0. The first-order valence-electron chi connectivity index (χ1n) is 6.77. The molecule has 1 unspecified atom stereocenters. The maximum absolute atomic E-state index is 12.3. The Morgan fingerprint density at radius 2 is 1.90 bits per heavy atom. The molecule has 3 rings (SSSR count). The molecule has 2 N–H and O–H groups in total. The molecule has 6 heteroatoms. The van der Waals surface area contributed by atoms with Gasteiger partial charge in [0.15, 0.2) is 0 Å². The SMILES string of the molecule is CC(NC(=O)c1ccc2nccnc2c1)(C(=O)O)C1CC1. The molecule has 0 radical (unpaired) electrons. The molecule has 2 aromatic rings. The molecular weight excluding hydrogens is 270 g/mol. The molecule has 1 saturated carbocycles. The molecule has 1 amide bonds. The fraction of sp³-hybridized carbons (Fsp3) is 0.333. The van der Waals surface area contributed by atoms with Gasteiger partial charge in [-0.1, -0.05) is 0 Å². The first-order valence-corrected chi connectivity index (χ1v) is 6.77. The van der Waals surface area contributed by atoms with Gasteiger partial charge in [0, 0.05) is 18.0 Å². The van der Waals surface area contributed by atoms with Gasteiger partial charge >= 0.3 is 5.97 Å². The lowest BCUT2D eigenvalue weighted by molar-refractivity contribution is -0.144. The van der Waals surface area contributed by atoms with E-state index in [0.717, 1.165) is 12.8 Å². The lowest BCUT2D eigenvalue weighted by Gasteiger charge is -2.26. The normalized spacial score (nSPS) is 17.2. The molecule has 108 valence electrons. The van der Waals surface area contributed by atoms with E-state index in [4.69, 9.17) is 0 Å². The molecule has 1 aliphatic carbocycles. The van der Waals surface area contributed by atoms with Gasteiger partial charge in [-0.15, -0.1) is 0 Å². The lowest BCUT2D eigenvalue weighted by Crippen LogP contribution is -2.54. The van der Waals surface area contributed by atoms with Crippen molar-refractivity contribution in [1.29, 1.82) is 0 Å². The van der Waals surface area contributed by atoms with Crippen LogP contribution in [0.5, 0.6) is 0 Å². The highest BCUT2D eigenvalue weighted by Crippen LogP contribution is 2.39. The Morgan fingerprint density at radius 1 is 1.24 bits per heavy atom. The number of carboxylic acid groups (broad SMARTS) is 1. The molecule has 1 fully saturated rings. The highest BCUT2D eigenvalue weighted by molar-refractivity contribution is 6.00. The number of hydrogen-bond acceptors (Lipinski definition) is 4. The van der Waals surface area contributed by atoms with E-state index < -0.39 is 17.4 Å². The van der Waals surface area contributed by atoms with Crippen molar-refractivity contribution in [2.24, 2.45) is 5.92 Å². The summed E-state index contributed by atoms with van der Waals surface area (Å²) in [5.74, 6) is -1.41. The molecule has 1 aromatic heterocycles. The number of rotatable bonds is 4. The summed E-state index contributed by atoms with van der Waals surface area (Å²) in [4.78, 5) is 32.0. The molecule has 0 saturated heterocycles. The highest BCUT2D eigenvalue weighted by atomic mass is 16.4. The Bertz CT molecular complexity index is 727. The van der Waals surface area contributed by atoms with Crippen molar-refractivity contribution in [3.63, 3.8) is 0 Å². The number of benzene rings is 1. The molecule has 0 spiro atoms. The third kappa shape index (κ3) is 2.44. The highest BCUT2D eigenvalue weighted by Gasteiger charge is 2.48. The van der Waals surface area contributed by atoms with Crippen LogP contribution in [0.1, 0.15) is 30.1 Å². The number of nitrogens with zero attached hydrogens (tertiary/aromatic N) is 2. The number of carbonyl (C=O) groups is 2. The molecule has 0 aliphatic heterocycles. The standard InChI is InChI=1S/C15H15N3O3/c1-15(14(20)21,10-3-4-10)18-13(19)9-2-5-11-12(8-9)17-7-6-16-11/h2,5-8,10H,3-4H2,1H3,(H,18,19)(H,20,21). The minimum absolute atomic E-state index is 0.000743. The number of nitrogens with one attached hydrogen (secondary N) is 1. The predicted octanol–water partition coefficient (Wildman–Crippen LogP) is 1.61. The second kappa shape index (κ2) is 4.80. The van der Waals surface area contributed by atoms with Crippen molar-refractivity contribution in [2.75, 3.05) is 0 Å². The Kier molecular flexibility index (Phi) is 3.08. The van der Waals surface area contributed by atoms with E-state index >= 15 is 0 Å².